The van der Waals surface area contributed by atoms with E-state index in [4.69, 9.17) is 14.2 Å². The van der Waals surface area contributed by atoms with Gasteiger partial charge in [-0.25, -0.2) is 8.42 Å². The lowest BCUT2D eigenvalue weighted by molar-refractivity contribution is -0.117. The van der Waals surface area contributed by atoms with Gasteiger partial charge in [0.15, 0.2) is 11.5 Å². The number of nitrogens with one attached hydrogen (secondary N) is 2. The zero-order chi connectivity index (χ0) is 24.6. The first-order valence-electron chi connectivity index (χ1n) is 10.7. The molecule has 0 aromatic heterocycles. The number of ether oxygens (including phenoxy) is 3. The van der Waals surface area contributed by atoms with E-state index < -0.39 is 22.0 Å². The van der Waals surface area contributed by atoms with E-state index in [2.05, 4.69) is 10.0 Å². The van der Waals surface area contributed by atoms with E-state index in [0.717, 1.165) is 5.56 Å². The van der Waals surface area contributed by atoms with Crippen molar-refractivity contribution in [2.45, 2.75) is 24.3 Å². The molecule has 0 spiro atoms. The molecule has 2 N–H and O–H groups in total. The summed E-state index contributed by atoms with van der Waals surface area (Å²) in [4.78, 5) is 13.2. The molecule has 3 rings (SSSR count). The zero-order valence-corrected chi connectivity index (χ0v) is 20.1. The van der Waals surface area contributed by atoms with Gasteiger partial charge < -0.3 is 19.5 Å². The predicted octanol–water partition coefficient (Wildman–Crippen LogP) is 3.63. The lowest BCUT2D eigenvalue weighted by atomic mass is 10.1. The summed E-state index contributed by atoms with van der Waals surface area (Å²) in [6, 6.07) is 19.1. The van der Waals surface area contributed by atoms with Crippen LogP contribution in [0.25, 0.3) is 0 Å². The van der Waals surface area contributed by atoms with E-state index in [1.807, 2.05) is 37.3 Å². The lowest BCUT2D eigenvalue weighted by Gasteiger charge is -2.19. The molecule has 0 aliphatic rings. The third kappa shape index (κ3) is 6.49. The first-order chi connectivity index (χ1) is 16.4. The van der Waals surface area contributed by atoms with Crippen molar-refractivity contribution in [1.82, 2.24) is 4.72 Å². The highest BCUT2D eigenvalue weighted by Gasteiger charge is 2.26. The molecule has 0 fully saturated rings. The second-order valence-electron chi connectivity index (χ2n) is 7.33. The maximum atomic E-state index is 13.2. The summed E-state index contributed by atoms with van der Waals surface area (Å²) < 4.78 is 44.6. The minimum atomic E-state index is -3.98. The quantitative estimate of drug-likeness (QED) is 0.431. The number of methoxy groups -OCH3 is 2. The maximum absolute atomic E-state index is 13.2. The Morgan fingerprint density at radius 2 is 1.59 bits per heavy atom. The normalized spacial score (nSPS) is 12.0. The van der Waals surface area contributed by atoms with Crippen LogP contribution in [0.3, 0.4) is 0 Å². The zero-order valence-electron chi connectivity index (χ0n) is 19.3. The van der Waals surface area contributed by atoms with Gasteiger partial charge in [-0.15, -0.1) is 0 Å². The molecule has 1 amide bonds. The molecule has 3 aromatic rings. The van der Waals surface area contributed by atoms with E-state index in [9.17, 15) is 13.2 Å². The highest BCUT2D eigenvalue weighted by molar-refractivity contribution is 7.89. The Morgan fingerprint density at radius 1 is 0.912 bits per heavy atom. The van der Waals surface area contributed by atoms with Gasteiger partial charge in [-0.2, -0.15) is 4.72 Å². The molecule has 1 unspecified atom stereocenters. The third-order valence-corrected chi connectivity index (χ3v) is 6.48. The molecule has 0 saturated carbocycles. The SMILES string of the molecule is CCOc1ccc(S(=O)(=O)NC(Cc2ccccc2)C(=O)Nc2ccc(OC)c(OC)c2)cc1. The highest BCUT2D eigenvalue weighted by Crippen LogP contribution is 2.30. The van der Waals surface area contributed by atoms with Crippen LogP contribution in [-0.4, -0.2) is 41.2 Å². The van der Waals surface area contributed by atoms with Crippen LogP contribution in [0.4, 0.5) is 5.69 Å². The molecule has 1 atom stereocenters. The average molecular weight is 485 g/mol. The van der Waals surface area contributed by atoms with Crippen LogP contribution in [0.5, 0.6) is 17.2 Å². The molecule has 9 heteroatoms. The number of carbonyl (C=O) groups excluding carboxylic acids is 1. The number of hydrogen-bond acceptors (Lipinski definition) is 6. The highest BCUT2D eigenvalue weighted by atomic mass is 32.2. The molecule has 0 bridgehead atoms. The topological polar surface area (TPSA) is 103 Å². The average Bonchev–Trinajstić information content (AvgIpc) is 2.84. The fourth-order valence-electron chi connectivity index (χ4n) is 3.32. The molecular formula is C25H28N2O6S. The van der Waals surface area contributed by atoms with Crippen molar-refractivity contribution in [1.29, 1.82) is 0 Å². The van der Waals surface area contributed by atoms with Crippen molar-refractivity contribution < 1.29 is 27.4 Å². The lowest BCUT2D eigenvalue weighted by Crippen LogP contribution is -2.45. The summed E-state index contributed by atoms with van der Waals surface area (Å²) >= 11 is 0. The Labute approximate surface area is 199 Å². The molecule has 180 valence electrons. The smallest absolute Gasteiger partial charge is 0.242 e. The first kappa shape index (κ1) is 25.1. The van der Waals surface area contributed by atoms with Crippen molar-refractivity contribution in [3.8, 4) is 17.2 Å². The molecule has 0 heterocycles. The van der Waals surface area contributed by atoms with Crippen molar-refractivity contribution >= 4 is 21.6 Å². The molecular weight excluding hydrogens is 456 g/mol. The van der Waals surface area contributed by atoms with E-state index in [1.54, 1.807) is 30.3 Å². The van der Waals surface area contributed by atoms with E-state index >= 15 is 0 Å². The molecule has 8 nitrogen and oxygen atoms in total. The predicted molar refractivity (Wildman–Crippen MR) is 130 cm³/mol. The van der Waals surface area contributed by atoms with E-state index in [1.165, 1.54) is 26.4 Å². The second kappa shape index (κ2) is 11.5. The van der Waals surface area contributed by atoms with Crippen LogP contribution in [0, 0.1) is 0 Å². The number of rotatable bonds is 11. The van der Waals surface area contributed by atoms with Crippen LogP contribution in [0.2, 0.25) is 0 Å². The molecule has 0 saturated heterocycles. The maximum Gasteiger partial charge on any atom is 0.242 e. The van der Waals surface area contributed by atoms with Gasteiger partial charge in [-0.05, 0) is 55.3 Å². The van der Waals surface area contributed by atoms with Crippen LogP contribution in [0.15, 0.2) is 77.7 Å². The second-order valence-corrected chi connectivity index (χ2v) is 9.04. The molecule has 34 heavy (non-hydrogen) atoms. The standard InChI is InChI=1S/C25H28N2O6S/c1-4-33-20-11-13-21(14-12-20)34(29,30)27-22(16-18-8-6-5-7-9-18)25(28)26-19-10-15-23(31-2)24(17-19)32-3/h5-15,17,22,27H,4,16H2,1-3H3,(H,26,28). The van der Waals surface area contributed by atoms with Crippen molar-refractivity contribution in [2.24, 2.45) is 0 Å². The van der Waals surface area contributed by atoms with Gasteiger partial charge in [0.1, 0.15) is 11.8 Å². The Balaban J connectivity index is 1.85. The molecule has 0 aliphatic heterocycles. The third-order valence-electron chi connectivity index (χ3n) is 4.99. The number of anilines is 1. The largest absolute Gasteiger partial charge is 0.494 e. The fourth-order valence-corrected chi connectivity index (χ4v) is 4.51. The van der Waals surface area contributed by atoms with Crippen molar-refractivity contribution in [3.05, 3.63) is 78.4 Å². The summed E-state index contributed by atoms with van der Waals surface area (Å²) in [6.45, 7) is 2.32. The Morgan fingerprint density at radius 3 is 2.21 bits per heavy atom. The Kier molecular flexibility index (Phi) is 8.50. The minimum absolute atomic E-state index is 0.0351. The van der Waals surface area contributed by atoms with E-state index in [0.29, 0.717) is 29.5 Å². The molecule has 0 aliphatic carbocycles. The number of benzene rings is 3. The summed E-state index contributed by atoms with van der Waals surface area (Å²) in [6.07, 6.45) is 0.163. The summed E-state index contributed by atoms with van der Waals surface area (Å²) in [5.74, 6) is 1.01. The van der Waals surface area contributed by atoms with Crippen molar-refractivity contribution in [2.75, 3.05) is 26.1 Å². The monoisotopic (exact) mass is 484 g/mol. The van der Waals surface area contributed by atoms with Gasteiger partial charge in [0.2, 0.25) is 15.9 Å². The van der Waals surface area contributed by atoms with Gasteiger partial charge in [0, 0.05) is 11.8 Å². The van der Waals surface area contributed by atoms with Crippen LogP contribution < -0.4 is 24.2 Å². The van der Waals surface area contributed by atoms with Gasteiger partial charge in [0.05, 0.1) is 25.7 Å². The van der Waals surface area contributed by atoms with E-state index in [-0.39, 0.29) is 11.3 Å². The fraction of sp³-hybridized carbons (Fsp3) is 0.240. The minimum Gasteiger partial charge on any atom is -0.494 e. The van der Waals surface area contributed by atoms with Crippen molar-refractivity contribution in [3.63, 3.8) is 0 Å². The number of amides is 1. The van der Waals surface area contributed by atoms with Gasteiger partial charge >= 0.3 is 0 Å². The van der Waals surface area contributed by atoms with Crippen LogP contribution in [0.1, 0.15) is 12.5 Å². The van der Waals surface area contributed by atoms with Crippen LogP contribution in [-0.2, 0) is 21.2 Å². The number of carbonyl (C=O) groups is 1. The Hall–Kier alpha value is -3.56. The van der Waals surface area contributed by atoms with Gasteiger partial charge in [-0.1, -0.05) is 30.3 Å². The molecule has 3 aromatic carbocycles. The summed E-state index contributed by atoms with van der Waals surface area (Å²) in [7, 11) is -0.975. The first-order valence-corrected chi connectivity index (χ1v) is 12.2. The Bertz CT molecular complexity index is 1200. The van der Waals surface area contributed by atoms with Crippen LogP contribution >= 0.6 is 0 Å². The molecule has 0 radical (unpaired) electrons. The summed E-state index contributed by atoms with van der Waals surface area (Å²) in [5, 5.41) is 2.77. The number of sulfonamides is 1. The number of hydrogen-bond donors (Lipinski definition) is 2. The van der Waals surface area contributed by atoms with Gasteiger partial charge in [0.25, 0.3) is 0 Å². The summed E-state index contributed by atoms with van der Waals surface area (Å²) in [5.41, 5.74) is 1.25. The van der Waals surface area contributed by atoms with Gasteiger partial charge in [-0.3, -0.25) is 4.79 Å².